The van der Waals surface area contributed by atoms with Crippen molar-refractivity contribution in [3.63, 3.8) is 0 Å². The molecular formula is C19H22N2O3. The number of nitrogens with one attached hydrogen (secondary N) is 1. The third-order valence-corrected chi connectivity index (χ3v) is 3.80. The maximum atomic E-state index is 12.5. The lowest BCUT2D eigenvalue weighted by Gasteiger charge is -2.20. The molecule has 2 aromatic carbocycles. The van der Waals surface area contributed by atoms with E-state index in [1.807, 2.05) is 48.5 Å². The maximum Gasteiger partial charge on any atom is 0.254 e. The molecule has 2 atom stereocenters. The van der Waals surface area contributed by atoms with Gasteiger partial charge in [0.05, 0.1) is 0 Å². The van der Waals surface area contributed by atoms with E-state index in [4.69, 9.17) is 10.5 Å². The summed E-state index contributed by atoms with van der Waals surface area (Å²) in [6, 6.07) is 18.1. The number of benzene rings is 2. The quantitative estimate of drug-likeness (QED) is 0.778. The average molecular weight is 326 g/mol. The van der Waals surface area contributed by atoms with Gasteiger partial charge in [0.15, 0.2) is 6.10 Å². The van der Waals surface area contributed by atoms with Crippen LogP contribution in [0, 0.1) is 0 Å². The van der Waals surface area contributed by atoms with E-state index in [1.54, 1.807) is 12.1 Å². The van der Waals surface area contributed by atoms with E-state index in [0.717, 1.165) is 11.1 Å². The smallest absolute Gasteiger partial charge is 0.254 e. The molecule has 2 amide bonds. The Morgan fingerprint density at radius 1 is 1.04 bits per heavy atom. The Hall–Kier alpha value is -2.66. The average Bonchev–Trinajstić information content (AvgIpc) is 2.61. The van der Waals surface area contributed by atoms with Crippen molar-refractivity contribution >= 4 is 11.8 Å². The molecule has 2 aromatic rings. The predicted molar refractivity (Wildman–Crippen MR) is 92.1 cm³/mol. The van der Waals surface area contributed by atoms with Gasteiger partial charge in [-0.15, -0.1) is 0 Å². The van der Waals surface area contributed by atoms with Gasteiger partial charge in [-0.25, -0.2) is 0 Å². The molecule has 0 aromatic heterocycles. The van der Waals surface area contributed by atoms with Crippen molar-refractivity contribution in [2.75, 3.05) is 7.11 Å². The Morgan fingerprint density at radius 2 is 1.62 bits per heavy atom. The van der Waals surface area contributed by atoms with Gasteiger partial charge in [0.2, 0.25) is 5.91 Å². The van der Waals surface area contributed by atoms with Gasteiger partial charge in [0, 0.05) is 7.11 Å². The molecule has 5 nitrogen and oxygen atoms in total. The molecule has 24 heavy (non-hydrogen) atoms. The van der Waals surface area contributed by atoms with Crippen LogP contribution >= 0.6 is 0 Å². The first-order chi connectivity index (χ1) is 11.6. The summed E-state index contributed by atoms with van der Waals surface area (Å²) in [4.78, 5) is 24.1. The van der Waals surface area contributed by atoms with Crippen LogP contribution in [0.1, 0.15) is 23.7 Å². The second-order valence-electron chi connectivity index (χ2n) is 5.51. The minimum atomic E-state index is -0.773. The molecule has 0 heterocycles. The first-order valence-electron chi connectivity index (χ1n) is 7.83. The molecule has 2 rings (SSSR count). The summed E-state index contributed by atoms with van der Waals surface area (Å²) in [5, 5.41) is 2.70. The number of amides is 2. The highest BCUT2D eigenvalue weighted by atomic mass is 16.5. The summed E-state index contributed by atoms with van der Waals surface area (Å²) in [6.45, 7) is 0. The Morgan fingerprint density at radius 3 is 2.17 bits per heavy atom. The van der Waals surface area contributed by atoms with Crippen molar-refractivity contribution in [1.82, 2.24) is 5.32 Å². The zero-order valence-corrected chi connectivity index (χ0v) is 13.6. The van der Waals surface area contributed by atoms with Gasteiger partial charge in [-0.2, -0.15) is 0 Å². The second-order valence-corrected chi connectivity index (χ2v) is 5.51. The van der Waals surface area contributed by atoms with Gasteiger partial charge >= 0.3 is 0 Å². The fourth-order valence-corrected chi connectivity index (χ4v) is 2.51. The number of aryl methyl sites for hydroxylation is 1. The third-order valence-electron chi connectivity index (χ3n) is 3.80. The Kier molecular flexibility index (Phi) is 6.51. The first-order valence-corrected chi connectivity index (χ1v) is 7.83. The number of methoxy groups -OCH3 is 1. The number of nitrogens with two attached hydrogens (primary N) is 1. The normalized spacial score (nSPS) is 13.0. The van der Waals surface area contributed by atoms with Crippen LogP contribution in [0.25, 0.3) is 0 Å². The van der Waals surface area contributed by atoms with Crippen molar-refractivity contribution in [2.24, 2.45) is 5.73 Å². The molecular weight excluding hydrogens is 304 g/mol. The number of primary amides is 1. The Bertz CT molecular complexity index is 659. The molecule has 0 radical (unpaired) electrons. The van der Waals surface area contributed by atoms with E-state index in [2.05, 4.69) is 5.32 Å². The van der Waals surface area contributed by atoms with Gasteiger partial charge < -0.3 is 15.8 Å². The van der Waals surface area contributed by atoms with Crippen LogP contribution in [0.4, 0.5) is 0 Å². The molecule has 0 bridgehead atoms. The van der Waals surface area contributed by atoms with E-state index in [-0.39, 0.29) is 5.91 Å². The molecule has 126 valence electrons. The number of ether oxygens (including phenoxy) is 1. The van der Waals surface area contributed by atoms with Crippen molar-refractivity contribution in [1.29, 1.82) is 0 Å². The lowest BCUT2D eigenvalue weighted by molar-refractivity contribution is -0.135. The van der Waals surface area contributed by atoms with E-state index in [1.165, 1.54) is 7.11 Å². The topological polar surface area (TPSA) is 81.4 Å². The highest BCUT2D eigenvalue weighted by Crippen LogP contribution is 2.17. The summed E-state index contributed by atoms with van der Waals surface area (Å²) < 4.78 is 5.28. The highest BCUT2D eigenvalue weighted by molar-refractivity contribution is 5.89. The minimum Gasteiger partial charge on any atom is -0.368 e. The zero-order valence-electron chi connectivity index (χ0n) is 13.6. The zero-order chi connectivity index (χ0) is 17.4. The molecule has 0 aliphatic carbocycles. The van der Waals surface area contributed by atoms with Crippen molar-refractivity contribution in [2.45, 2.75) is 25.0 Å². The predicted octanol–water partition coefficient (Wildman–Crippen LogP) is 1.98. The van der Waals surface area contributed by atoms with Crippen LogP contribution in [0.5, 0.6) is 0 Å². The molecule has 3 N–H and O–H groups in total. The van der Waals surface area contributed by atoms with E-state index < -0.39 is 18.1 Å². The lowest BCUT2D eigenvalue weighted by Crippen LogP contribution is -2.46. The van der Waals surface area contributed by atoms with Crippen LogP contribution in [-0.2, 0) is 20.7 Å². The Balaban J connectivity index is 2.01. The maximum absolute atomic E-state index is 12.5. The van der Waals surface area contributed by atoms with Crippen LogP contribution in [0.2, 0.25) is 0 Å². The van der Waals surface area contributed by atoms with E-state index >= 15 is 0 Å². The van der Waals surface area contributed by atoms with Gasteiger partial charge in [-0.3, -0.25) is 9.59 Å². The van der Waals surface area contributed by atoms with Crippen molar-refractivity contribution in [3.8, 4) is 0 Å². The molecule has 0 fully saturated rings. The number of rotatable bonds is 8. The fraction of sp³-hybridized carbons (Fsp3) is 0.263. The number of carbonyl (C=O) groups is 2. The van der Waals surface area contributed by atoms with E-state index in [9.17, 15) is 9.59 Å². The molecule has 0 unspecified atom stereocenters. The Labute approximate surface area is 141 Å². The molecule has 0 saturated heterocycles. The fourth-order valence-electron chi connectivity index (χ4n) is 2.51. The number of carbonyl (C=O) groups excluding carboxylic acids is 2. The minimum absolute atomic E-state index is 0.374. The first kappa shape index (κ1) is 17.7. The lowest BCUT2D eigenvalue weighted by atomic mass is 10.0. The third kappa shape index (κ3) is 4.93. The van der Waals surface area contributed by atoms with Crippen LogP contribution < -0.4 is 11.1 Å². The molecule has 0 aliphatic heterocycles. The number of hydrogen-bond acceptors (Lipinski definition) is 3. The van der Waals surface area contributed by atoms with Crippen molar-refractivity contribution < 1.29 is 14.3 Å². The monoisotopic (exact) mass is 326 g/mol. The summed E-state index contributed by atoms with van der Waals surface area (Å²) >= 11 is 0. The number of hydrogen-bond donors (Lipinski definition) is 2. The standard InChI is InChI=1S/C19H22N2O3/c1-24-17(15-10-6-3-7-11-15)19(23)21-16(18(20)22)13-12-14-8-4-2-5-9-14/h2-11,16-17H,12-13H2,1H3,(H2,20,22)(H,21,23)/t16-,17+/m0/s1. The van der Waals surface area contributed by atoms with Gasteiger partial charge in [-0.05, 0) is 24.0 Å². The molecule has 0 spiro atoms. The molecule has 5 heteroatoms. The van der Waals surface area contributed by atoms with Gasteiger partial charge in [0.25, 0.3) is 5.91 Å². The summed E-state index contributed by atoms with van der Waals surface area (Å²) in [7, 11) is 1.46. The summed E-state index contributed by atoms with van der Waals surface area (Å²) in [6.07, 6.45) is 0.318. The van der Waals surface area contributed by atoms with Crippen LogP contribution in [-0.4, -0.2) is 25.0 Å². The molecule has 0 aliphatic rings. The van der Waals surface area contributed by atoms with E-state index in [0.29, 0.717) is 12.8 Å². The van der Waals surface area contributed by atoms with Crippen LogP contribution in [0.15, 0.2) is 60.7 Å². The summed E-state index contributed by atoms with van der Waals surface area (Å²) in [5.41, 5.74) is 7.25. The largest absolute Gasteiger partial charge is 0.368 e. The van der Waals surface area contributed by atoms with Crippen LogP contribution in [0.3, 0.4) is 0 Å². The second kappa shape index (κ2) is 8.84. The van der Waals surface area contributed by atoms with Gasteiger partial charge in [0.1, 0.15) is 6.04 Å². The SMILES string of the molecule is CO[C@@H](C(=O)N[C@@H](CCc1ccccc1)C(N)=O)c1ccccc1. The molecule has 0 saturated carbocycles. The summed E-state index contributed by atoms with van der Waals surface area (Å²) in [5.74, 6) is -0.928. The highest BCUT2D eigenvalue weighted by Gasteiger charge is 2.25. The van der Waals surface area contributed by atoms with Crippen molar-refractivity contribution in [3.05, 3.63) is 71.8 Å². The van der Waals surface area contributed by atoms with Gasteiger partial charge in [-0.1, -0.05) is 60.7 Å².